The van der Waals surface area contributed by atoms with Gasteiger partial charge in [-0.15, -0.1) is 11.3 Å². The van der Waals surface area contributed by atoms with Crippen LogP contribution in [0.4, 0.5) is 5.13 Å². The van der Waals surface area contributed by atoms with Gasteiger partial charge >= 0.3 is 5.97 Å². The number of rotatable bonds is 6. The molecule has 0 radical (unpaired) electrons. The number of anilines is 1. The summed E-state index contributed by atoms with van der Waals surface area (Å²) in [5, 5.41) is 14.9. The van der Waals surface area contributed by atoms with E-state index in [1.165, 1.54) is 17.5 Å². The van der Waals surface area contributed by atoms with Crippen molar-refractivity contribution < 1.29 is 24.2 Å². The fourth-order valence-electron chi connectivity index (χ4n) is 4.89. The maximum absolute atomic E-state index is 13.0. The summed E-state index contributed by atoms with van der Waals surface area (Å²) >= 11 is 1.34. The molecule has 35 heavy (non-hydrogen) atoms. The van der Waals surface area contributed by atoms with E-state index in [0.717, 1.165) is 19.4 Å². The van der Waals surface area contributed by atoms with Gasteiger partial charge in [-0.25, -0.2) is 14.8 Å². The summed E-state index contributed by atoms with van der Waals surface area (Å²) in [6, 6.07) is 0. The van der Waals surface area contributed by atoms with Crippen molar-refractivity contribution in [2.24, 2.45) is 28.7 Å². The van der Waals surface area contributed by atoms with Crippen LogP contribution in [0.1, 0.15) is 26.7 Å². The number of allylic oxidation sites excluding steroid dienone is 1. The largest absolute Gasteiger partial charge is 0.478 e. The Hall–Kier alpha value is -3.05. The number of amides is 1. The molecule has 4 aliphatic heterocycles. The molecule has 5 rings (SSSR count). The summed E-state index contributed by atoms with van der Waals surface area (Å²) < 4.78 is 5.79. The third kappa shape index (κ3) is 4.62. The van der Waals surface area contributed by atoms with Gasteiger partial charge in [-0.1, -0.05) is 13.8 Å². The summed E-state index contributed by atoms with van der Waals surface area (Å²) in [7, 11) is 0. The quantitative estimate of drug-likeness (QED) is 0.569. The number of carbonyl (C=O) groups excluding carboxylic acids is 2. The van der Waals surface area contributed by atoms with Gasteiger partial charge in [0.15, 0.2) is 10.9 Å². The SMILES string of the molecule is CC1CCC(CNC(=O)C2CN(C3=CC(C)C4C(=O)C(C(=O)O)=CN(c5nccs5)C4=N3)C2)OC1. The van der Waals surface area contributed by atoms with Crippen molar-refractivity contribution in [3.63, 3.8) is 0 Å². The second-order valence-corrected chi connectivity index (χ2v) is 10.6. The van der Waals surface area contributed by atoms with Crippen LogP contribution < -0.4 is 10.2 Å². The molecule has 11 heteroatoms. The Bertz CT molecular complexity index is 1100. The van der Waals surface area contributed by atoms with Crippen LogP contribution in [-0.4, -0.2) is 70.8 Å². The topological polar surface area (TPSA) is 124 Å². The average molecular weight is 500 g/mol. The van der Waals surface area contributed by atoms with Crippen molar-refractivity contribution >= 4 is 40.0 Å². The molecule has 1 aromatic heterocycles. The second kappa shape index (κ2) is 9.54. The lowest BCUT2D eigenvalue weighted by Crippen LogP contribution is -2.55. The van der Waals surface area contributed by atoms with Gasteiger partial charge in [-0.3, -0.25) is 14.5 Å². The number of hydrogen-bond donors (Lipinski definition) is 2. The number of carbonyl (C=O) groups is 3. The highest BCUT2D eigenvalue weighted by Crippen LogP contribution is 2.37. The van der Waals surface area contributed by atoms with Crippen LogP contribution in [0.5, 0.6) is 0 Å². The van der Waals surface area contributed by atoms with Crippen molar-refractivity contribution in [2.75, 3.05) is 31.1 Å². The van der Waals surface area contributed by atoms with E-state index < -0.39 is 17.7 Å². The Morgan fingerprint density at radius 3 is 2.74 bits per heavy atom. The Morgan fingerprint density at radius 2 is 2.09 bits per heavy atom. The van der Waals surface area contributed by atoms with Crippen LogP contribution in [0.25, 0.3) is 0 Å². The summed E-state index contributed by atoms with van der Waals surface area (Å²) in [5.41, 5.74) is -0.273. The van der Waals surface area contributed by atoms with Gasteiger partial charge < -0.3 is 20.1 Å². The normalized spacial score (nSPS) is 29.0. The van der Waals surface area contributed by atoms with Crippen LogP contribution in [-0.2, 0) is 19.1 Å². The monoisotopic (exact) mass is 499 g/mol. The molecule has 4 atom stereocenters. The smallest absolute Gasteiger partial charge is 0.340 e. The fourth-order valence-corrected chi connectivity index (χ4v) is 5.52. The van der Waals surface area contributed by atoms with E-state index in [4.69, 9.17) is 9.73 Å². The van der Waals surface area contributed by atoms with Crippen LogP contribution in [0.15, 0.2) is 40.2 Å². The molecule has 2 fully saturated rings. The lowest BCUT2D eigenvalue weighted by atomic mass is 9.81. The lowest BCUT2D eigenvalue weighted by Gasteiger charge is -2.43. The molecule has 0 aliphatic carbocycles. The molecule has 0 saturated carbocycles. The molecule has 1 aromatic rings. The molecular formula is C24H29N5O5S. The number of nitrogens with one attached hydrogen (secondary N) is 1. The first kappa shape index (κ1) is 23.7. The van der Waals surface area contributed by atoms with Crippen molar-refractivity contribution in [3.05, 3.63) is 35.2 Å². The highest BCUT2D eigenvalue weighted by Gasteiger charge is 2.45. The van der Waals surface area contributed by atoms with E-state index in [0.29, 0.717) is 42.3 Å². The first-order chi connectivity index (χ1) is 16.8. The third-order valence-corrected chi connectivity index (χ3v) is 7.80. The van der Waals surface area contributed by atoms with Gasteiger partial charge in [0.05, 0.1) is 17.9 Å². The van der Waals surface area contributed by atoms with E-state index >= 15 is 0 Å². The molecular weight excluding hydrogens is 470 g/mol. The minimum Gasteiger partial charge on any atom is -0.478 e. The number of ether oxygens (including phenoxy) is 1. The molecule has 5 heterocycles. The Kier molecular flexibility index (Phi) is 6.45. The van der Waals surface area contributed by atoms with Gasteiger partial charge in [-0.2, -0.15) is 0 Å². The summed E-state index contributed by atoms with van der Waals surface area (Å²) in [4.78, 5) is 50.0. The minimum atomic E-state index is -1.26. The zero-order valence-corrected chi connectivity index (χ0v) is 20.5. The Balaban J connectivity index is 1.26. The van der Waals surface area contributed by atoms with E-state index in [1.54, 1.807) is 16.5 Å². The van der Waals surface area contributed by atoms with Gasteiger partial charge in [0.1, 0.15) is 17.2 Å². The molecule has 2 N–H and O–H groups in total. The van der Waals surface area contributed by atoms with E-state index in [-0.39, 0.29) is 29.4 Å². The standard InChI is InChI=1S/C24H29N5O5S/c1-13-3-4-16(34-12-13)8-26-22(31)15-9-28(10-15)18-7-14(2)19-20(30)17(23(32)33)11-29(21(19)27-18)24-25-5-6-35-24/h5-7,11,13-16,19H,3-4,8-10,12H2,1-2H3,(H,26,31)(H,32,33). The van der Waals surface area contributed by atoms with Gasteiger partial charge in [0.2, 0.25) is 5.91 Å². The highest BCUT2D eigenvalue weighted by atomic mass is 32.1. The highest BCUT2D eigenvalue weighted by molar-refractivity contribution is 7.13. The molecule has 186 valence electrons. The zero-order valence-electron chi connectivity index (χ0n) is 19.7. The summed E-state index contributed by atoms with van der Waals surface area (Å²) in [6.07, 6.45) is 7.00. The Morgan fingerprint density at radius 1 is 1.29 bits per heavy atom. The number of nitrogens with zero attached hydrogens (tertiary/aromatic N) is 4. The number of thiazole rings is 1. The number of ketones is 1. The maximum atomic E-state index is 13.0. The number of likely N-dealkylation sites (tertiary alicyclic amines) is 1. The van der Waals surface area contributed by atoms with E-state index in [9.17, 15) is 19.5 Å². The van der Waals surface area contributed by atoms with Gasteiger partial charge in [-0.05, 0) is 30.8 Å². The molecule has 0 bridgehead atoms. The van der Waals surface area contributed by atoms with Gasteiger partial charge in [0.25, 0.3) is 0 Å². The predicted molar refractivity (Wildman–Crippen MR) is 130 cm³/mol. The predicted octanol–water partition coefficient (Wildman–Crippen LogP) is 1.87. The van der Waals surface area contributed by atoms with Crippen LogP contribution >= 0.6 is 11.3 Å². The molecule has 4 unspecified atom stereocenters. The number of fused-ring (bicyclic) bond motifs is 1. The van der Waals surface area contributed by atoms with Crippen LogP contribution in [0, 0.1) is 23.7 Å². The maximum Gasteiger partial charge on any atom is 0.340 e. The van der Waals surface area contributed by atoms with E-state index in [2.05, 4.69) is 17.2 Å². The average Bonchev–Trinajstić information content (AvgIpc) is 3.32. The number of aromatic nitrogens is 1. The molecule has 1 amide bonds. The van der Waals surface area contributed by atoms with E-state index in [1.807, 2.05) is 17.9 Å². The lowest BCUT2D eigenvalue weighted by molar-refractivity contribution is -0.135. The number of amidine groups is 1. The number of aliphatic carboxylic acids is 1. The summed E-state index contributed by atoms with van der Waals surface area (Å²) in [5.74, 6) is -1.04. The Labute approximate surface area is 207 Å². The first-order valence-electron chi connectivity index (χ1n) is 11.9. The summed E-state index contributed by atoms with van der Waals surface area (Å²) in [6.45, 7) is 6.41. The number of Topliss-reactive ketones (excluding diaryl/α,β-unsaturated/α-hetero) is 1. The molecule has 2 saturated heterocycles. The van der Waals surface area contributed by atoms with Crippen molar-refractivity contribution in [1.82, 2.24) is 15.2 Å². The number of hydrogen-bond acceptors (Lipinski definition) is 9. The zero-order chi connectivity index (χ0) is 24.7. The second-order valence-electron chi connectivity index (χ2n) is 9.71. The van der Waals surface area contributed by atoms with Crippen molar-refractivity contribution in [2.45, 2.75) is 32.8 Å². The number of carboxylic acid groups (broad SMARTS) is 1. The molecule has 0 spiro atoms. The van der Waals surface area contributed by atoms with Crippen LogP contribution in [0.3, 0.4) is 0 Å². The molecule has 4 aliphatic rings. The number of aliphatic imine (C=N–C) groups is 1. The van der Waals surface area contributed by atoms with Crippen molar-refractivity contribution in [3.8, 4) is 0 Å². The molecule has 0 aromatic carbocycles. The van der Waals surface area contributed by atoms with Crippen LogP contribution in [0.2, 0.25) is 0 Å². The number of carboxylic acids is 1. The fraction of sp³-hybridized carbons (Fsp3) is 0.542. The van der Waals surface area contributed by atoms with Crippen molar-refractivity contribution in [1.29, 1.82) is 0 Å². The first-order valence-corrected chi connectivity index (χ1v) is 12.8. The molecule has 10 nitrogen and oxygen atoms in total. The van der Waals surface area contributed by atoms with Gasteiger partial charge in [0, 0.05) is 44.0 Å². The third-order valence-electron chi connectivity index (χ3n) is 7.03. The minimum absolute atomic E-state index is 0.0183.